The third-order valence-corrected chi connectivity index (χ3v) is 3.25. The van der Waals surface area contributed by atoms with E-state index in [0.717, 1.165) is 31.3 Å². The van der Waals surface area contributed by atoms with Crippen LogP contribution in [-0.4, -0.2) is 34.2 Å². The summed E-state index contributed by atoms with van der Waals surface area (Å²) >= 11 is 0. The van der Waals surface area contributed by atoms with E-state index in [-0.39, 0.29) is 11.8 Å². The van der Waals surface area contributed by atoms with Gasteiger partial charge in [0, 0.05) is 12.7 Å². The van der Waals surface area contributed by atoms with E-state index in [1.54, 1.807) is 6.20 Å². The number of piperidine rings is 1. The van der Waals surface area contributed by atoms with Crippen LogP contribution in [0.3, 0.4) is 0 Å². The van der Waals surface area contributed by atoms with E-state index in [4.69, 9.17) is 0 Å². The van der Waals surface area contributed by atoms with E-state index in [0.29, 0.717) is 11.5 Å². The lowest BCUT2D eigenvalue weighted by molar-refractivity contribution is -0.120. The first-order valence-electron chi connectivity index (χ1n) is 6.15. The molecule has 18 heavy (non-hydrogen) atoms. The Balaban J connectivity index is 1.77. The van der Waals surface area contributed by atoms with Gasteiger partial charge in [0.2, 0.25) is 5.91 Å². The van der Waals surface area contributed by atoms with E-state index in [1.807, 2.05) is 12.1 Å². The number of rotatable bonds is 2. The topological polar surface area (TPSA) is 82.7 Å². The fraction of sp³-hybridized carbons (Fsp3) is 0.417. The van der Waals surface area contributed by atoms with Crippen molar-refractivity contribution in [2.24, 2.45) is 5.92 Å². The Morgan fingerprint density at radius 1 is 1.50 bits per heavy atom. The summed E-state index contributed by atoms with van der Waals surface area (Å²) in [4.78, 5) is 16.2. The number of amides is 1. The number of fused-ring (bicyclic) bond motifs is 1. The molecule has 1 aliphatic rings. The maximum absolute atomic E-state index is 12.1. The molecule has 0 aromatic carbocycles. The number of carbonyl (C=O) groups excluding carboxylic acids is 1. The van der Waals surface area contributed by atoms with Gasteiger partial charge in [0.1, 0.15) is 5.82 Å². The molecule has 0 bridgehead atoms. The molecule has 1 aliphatic heterocycles. The number of hydrogen-bond acceptors (Lipinski definition) is 4. The van der Waals surface area contributed by atoms with Gasteiger partial charge in [-0.3, -0.25) is 9.89 Å². The first kappa shape index (κ1) is 11.2. The average Bonchev–Trinajstić information content (AvgIpc) is 2.83. The molecule has 2 aromatic rings. The largest absolute Gasteiger partial charge is 0.316 e. The van der Waals surface area contributed by atoms with Crippen LogP contribution >= 0.6 is 0 Å². The maximum Gasteiger partial charge on any atom is 0.229 e. The van der Waals surface area contributed by atoms with Crippen molar-refractivity contribution in [1.29, 1.82) is 0 Å². The summed E-state index contributed by atoms with van der Waals surface area (Å²) in [7, 11) is 0. The highest BCUT2D eigenvalue weighted by Gasteiger charge is 2.21. The van der Waals surface area contributed by atoms with Crippen molar-refractivity contribution in [2.75, 3.05) is 18.4 Å². The van der Waals surface area contributed by atoms with Gasteiger partial charge in [-0.1, -0.05) is 0 Å². The van der Waals surface area contributed by atoms with Crippen LogP contribution in [0.2, 0.25) is 0 Å². The second-order valence-corrected chi connectivity index (χ2v) is 4.51. The molecule has 1 amide bonds. The number of aromatic amines is 1. The summed E-state index contributed by atoms with van der Waals surface area (Å²) in [6, 6.07) is 3.72. The lowest BCUT2D eigenvalue weighted by atomic mass is 9.99. The van der Waals surface area contributed by atoms with Gasteiger partial charge in [0.05, 0.1) is 11.3 Å². The summed E-state index contributed by atoms with van der Waals surface area (Å²) in [5.74, 6) is 0.707. The summed E-state index contributed by atoms with van der Waals surface area (Å²) in [6.45, 7) is 1.75. The third-order valence-electron chi connectivity index (χ3n) is 3.25. The molecule has 0 radical (unpaired) electrons. The van der Waals surface area contributed by atoms with Gasteiger partial charge in [-0.15, -0.1) is 0 Å². The monoisotopic (exact) mass is 245 g/mol. The van der Waals surface area contributed by atoms with Gasteiger partial charge in [-0.25, -0.2) is 4.98 Å². The molecule has 3 rings (SSSR count). The summed E-state index contributed by atoms with van der Waals surface area (Å²) in [5, 5.41) is 13.8. The number of aromatic nitrogens is 3. The molecule has 1 saturated heterocycles. The number of nitrogens with one attached hydrogen (secondary N) is 3. The van der Waals surface area contributed by atoms with Crippen molar-refractivity contribution in [3.8, 4) is 0 Å². The van der Waals surface area contributed by atoms with Crippen molar-refractivity contribution in [1.82, 2.24) is 20.5 Å². The molecule has 94 valence electrons. The van der Waals surface area contributed by atoms with Gasteiger partial charge in [-0.05, 0) is 31.5 Å². The average molecular weight is 245 g/mol. The number of hydrogen-bond donors (Lipinski definition) is 3. The van der Waals surface area contributed by atoms with Crippen LogP contribution in [-0.2, 0) is 4.79 Å². The van der Waals surface area contributed by atoms with Crippen LogP contribution in [0.4, 0.5) is 5.82 Å². The zero-order valence-electron chi connectivity index (χ0n) is 9.94. The first-order chi connectivity index (χ1) is 8.84. The predicted octanol–water partition coefficient (Wildman–Crippen LogP) is 0.896. The van der Waals surface area contributed by atoms with Crippen LogP contribution < -0.4 is 10.6 Å². The van der Waals surface area contributed by atoms with Crippen molar-refractivity contribution in [3.05, 3.63) is 18.3 Å². The number of nitrogens with zero attached hydrogens (tertiary/aromatic N) is 2. The third kappa shape index (κ3) is 2.06. The maximum atomic E-state index is 12.1. The predicted molar refractivity (Wildman–Crippen MR) is 68.1 cm³/mol. The van der Waals surface area contributed by atoms with Crippen LogP contribution in [0.1, 0.15) is 12.8 Å². The summed E-state index contributed by atoms with van der Waals surface area (Å²) < 4.78 is 0. The minimum absolute atomic E-state index is 0.0359. The van der Waals surface area contributed by atoms with E-state index in [1.165, 1.54) is 0 Å². The Kier molecular flexibility index (Phi) is 2.93. The van der Waals surface area contributed by atoms with Crippen molar-refractivity contribution >= 4 is 22.8 Å². The highest BCUT2D eigenvalue weighted by atomic mass is 16.2. The lowest BCUT2D eigenvalue weighted by Gasteiger charge is -2.21. The van der Waals surface area contributed by atoms with Crippen molar-refractivity contribution in [2.45, 2.75) is 12.8 Å². The van der Waals surface area contributed by atoms with Gasteiger partial charge in [0.25, 0.3) is 0 Å². The van der Waals surface area contributed by atoms with Gasteiger partial charge in [0.15, 0.2) is 5.65 Å². The molecule has 0 spiro atoms. The molecule has 2 aromatic heterocycles. The quantitative estimate of drug-likeness (QED) is 0.734. The fourth-order valence-corrected chi connectivity index (χ4v) is 2.25. The van der Waals surface area contributed by atoms with Crippen molar-refractivity contribution < 1.29 is 4.79 Å². The van der Waals surface area contributed by atoms with Crippen LogP contribution in [0.5, 0.6) is 0 Å². The Bertz CT molecular complexity index is 558. The number of carbonyl (C=O) groups is 1. The molecule has 0 saturated carbocycles. The Morgan fingerprint density at radius 2 is 2.44 bits per heavy atom. The van der Waals surface area contributed by atoms with E-state index in [2.05, 4.69) is 25.8 Å². The summed E-state index contributed by atoms with van der Waals surface area (Å²) in [5.41, 5.74) is 0.620. The molecule has 3 N–H and O–H groups in total. The first-order valence-corrected chi connectivity index (χ1v) is 6.15. The molecular formula is C12H15N5O. The van der Waals surface area contributed by atoms with Gasteiger partial charge < -0.3 is 10.6 Å². The minimum Gasteiger partial charge on any atom is -0.316 e. The lowest BCUT2D eigenvalue weighted by Crippen LogP contribution is -2.37. The molecule has 3 heterocycles. The second kappa shape index (κ2) is 4.73. The fourth-order valence-electron chi connectivity index (χ4n) is 2.25. The van der Waals surface area contributed by atoms with Crippen LogP contribution in [0.15, 0.2) is 18.3 Å². The number of anilines is 1. The Hall–Kier alpha value is -1.95. The standard InChI is InChI=1S/C12H15N5O/c18-12(8-3-1-5-13-7-8)15-11-9-4-2-6-14-10(9)16-17-11/h2,4,6,8,13H,1,3,5,7H2,(H2,14,15,16,17,18). The van der Waals surface area contributed by atoms with Crippen molar-refractivity contribution in [3.63, 3.8) is 0 Å². The zero-order valence-corrected chi connectivity index (χ0v) is 9.94. The molecule has 6 nitrogen and oxygen atoms in total. The normalized spacial score (nSPS) is 19.9. The molecular weight excluding hydrogens is 230 g/mol. The second-order valence-electron chi connectivity index (χ2n) is 4.51. The molecule has 1 atom stereocenters. The van der Waals surface area contributed by atoms with E-state index in [9.17, 15) is 4.79 Å². The highest BCUT2D eigenvalue weighted by molar-refractivity contribution is 5.99. The van der Waals surface area contributed by atoms with Crippen LogP contribution in [0.25, 0.3) is 11.0 Å². The molecule has 1 fully saturated rings. The Morgan fingerprint density at radius 3 is 3.28 bits per heavy atom. The smallest absolute Gasteiger partial charge is 0.229 e. The minimum atomic E-state index is 0.0359. The van der Waals surface area contributed by atoms with E-state index >= 15 is 0 Å². The Labute approximate surface area is 104 Å². The van der Waals surface area contributed by atoms with Gasteiger partial charge in [-0.2, -0.15) is 5.10 Å². The molecule has 6 heteroatoms. The zero-order chi connectivity index (χ0) is 12.4. The number of pyridine rings is 1. The molecule has 1 unspecified atom stereocenters. The SMILES string of the molecule is O=C(Nc1[nH]nc2ncccc12)C1CCCNC1. The highest BCUT2D eigenvalue weighted by Crippen LogP contribution is 2.19. The van der Waals surface area contributed by atoms with E-state index < -0.39 is 0 Å². The summed E-state index contributed by atoms with van der Waals surface area (Å²) in [6.07, 6.45) is 3.66. The molecule has 0 aliphatic carbocycles. The van der Waals surface area contributed by atoms with Crippen LogP contribution in [0, 0.1) is 5.92 Å². The van der Waals surface area contributed by atoms with Gasteiger partial charge >= 0.3 is 0 Å². The number of H-pyrrole nitrogens is 1.